The van der Waals surface area contributed by atoms with E-state index < -0.39 is 0 Å². The number of fused-ring (bicyclic) bond motifs is 1. The molecule has 3 rings (SSSR count). The second-order valence-corrected chi connectivity index (χ2v) is 5.59. The van der Waals surface area contributed by atoms with E-state index in [9.17, 15) is 4.79 Å². The van der Waals surface area contributed by atoms with E-state index >= 15 is 0 Å². The van der Waals surface area contributed by atoms with E-state index in [0.29, 0.717) is 5.56 Å². The third-order valence-corrected chi connectivity index (χ3v) is 4.25. The zero-order valence-corrected chi connectivity index (χ0v) is 12.1. The highest BCUT2D eigenvalue weighted by Gasteiger charge is 2.14. The lowest BCUT2D eigenvalue weighted by molar-refractivity contribution is 0.102. The van der Waals surface area contributed by atoms with Crippen LogP contribution in [0.2, 0.25) is 0 Å². The van der Waals surface area contributed by atoms with Crippen LogP contribution in [0.5, 0.6) is 0 Å². The SMILES string of the molecule is CSc1ccccc1NC(=O)c1ccc2c(c1)CNC2. The fraction of sp³-hybridized carbons (Fsp3) is 0.188. The fourth-order valence-electron chi connectivity index (χ4n) is 2.38. The molecule has 102 valence electrons. The summed E-state index contributed by atoms with van der Waals surface area (Å²) in [5.41, 5.74) is 4.08. The molecule has 1 aliphatic rings. The molecule has 0 aliphatic carbocycles. The summed E-state index contributed by atoms with van der Waals surface area (Å²) in [7, 11) is 0. The first kappa shape index (κ1) is 13.2. The molecule has 4 heteroatoms. The maximum atomic E-state index is 12.3. The molecule has 0 radical (unpaired) electrons. The maximum Gasteiger partial charge on any atom is 0.255 e. The predicted octanol–water partition coefficient (Wildman–Crippen LogP) is 3.26. The first-order valence-electron chi connectivity index (χ1n) is 6.55. The number of hydrogen-bond acceptors (Lipinski definition) is 3. The number of nitrogens with one attached hydrogen (secondary N) is 2. The van der Waals surface area contributed by atoms with E-state index in [4.69, 9.17) is 0 Å². The van der Waals surface area contributed by atoms with Crippen molar-refractivity contribution in [3.8, 4) is 0 Å². The molecule has 3 nitrogen and oxygen atoms in total. The van der Waals surface area contributed by atoms with Gasteiger partial charge in [0.05, 0.1) is 5.69 Å². The van der Waals surface area contributed by atoms with E-state index in [-0.39, 0.29) is 5.91 Å². The normalized spacial score (nSPS) is 13.1. The summed E-state index contributed by atoms with van der Waals surface area (Å²) in [4.78, 5) is 13.4. The monoisotopic (exact) mass is 284 g/mol. The Morgan fingerprint density at radius 2 is 1.95 bits per heavy atom. The van der Waals surface area contributed by atoms with Gasteiger partial charge >= 0.3 is 0 Å². The van der Waals surface area contributed by atoms with Crippen LogP contribution in [0.3, 0.4) is 0 Å². The Balaban J connectivity index is 1.83. The molecule has 0 unspecified atom stereocenters. The van der Waals surface area contributed by atoms with Crippen LogP contribution in [-0.4, -0.2) is 12.2 Å². The number of amides is 1. The van der Waals surface area contributed by atoms with Gasteiger partial charge in [0.1, 0.15) is 0 Å². The molecule has 1 aliphatic heterocycles. The van der Waals surface area contributed by atoms with E-state index in [2.05, 4.69) is 10.6 Å². The van der Waals surface area contributed by atoms with Crippen LogP contribution in [-0.2, 0) is 13.1 Å². The molecule has 0 aromatic heterocycles. The topological polar surface area (TPSA) is 41.1 Å². The van der Waals surface area contributed by atoms with Crippen molar-refractivity contribution in [1.29, 1.82) is 0 Å². The van der Waals surface area contributed by atoms with Crippen molar-refractivity contribution in [2.24, 2.45) is 0 Å². The summed E-state index contributed by atoms with van der Waals surface area (Å²) in [6.45, 7) is 1.74. The van der Waals surface area contributed by atoms with Crippen LogP contribution in [0.15, 0.2) is 47.4 Å². The van der Waals surface area contributed by atoms with Crippen LogP contribution < -0.4 is 10.6 Å². The minimum absolute atomic E-state index is 0.0544. The predicted molar refractivity (Wildman–Crippen MR) is 83.2 cm³/mol. The standard InChI is InChI=1S/C16H16N2OS/c1-20-15-5-3-2-4-14(15)18-16(19)11-6-7-12-9-17-10-13(12)8-11/h2-8,17H,9-10H2,1H3,(H,18,19). The van der Waals surface area contributed by atoms with Gasteiger partial charge in [-0.2, -0.15) is 0 Å². The van der Waals surface area contributed by atoms with Gasteiger partial charge in [0, 0.05) is 23.5 Å². The Morgan fingerprint density at radius 3 is 2.80 bits per heavy atom. The minimum atomic E-state index is -0.0544. The van der Waals surface area contributed by atoms with Gasteiger partial charge in [0.2, 0.25) is 0 Å². The third kappa shape index (κ3) is 2.57. The third-order valence-electron chi connectivity index (χ3n) is 3.45. The van der Waals surface area contributed by atoms with Gasteiger partial charge in [-0.1, -0.05) is 18.2 Å². The Hall–Kier alpha value is -1.78. The Bertz CT molecular complexity index is 655. The molecule has 0 fully saturated rings. The van der Waals surface area contributed by atoms with Crippen molar-refractivity contribution in [2.75, 3.05) is 11.6 Å². The van der Waals surface area contributed by atoms with Gasteiger partial charge in [-0.15, -0.1) is 11.8 Å². The van der Waals surface area contributed by atoms with Crippen molar-refractivity contribution in [3.63, 3.8) is 0 Å². The zero-order chi connectivity index (χ0) is 13.9. The van der Waals surface area contributed by atoms with Crippen molar-refractivity contribution in [1.82, 2.24) is 5.32 Å². The summed E-state index contributed by atoms with van der Waals surface area (Å²) in [6, 6.07) is 13.7. The first-order chi connectivity index (χ1) is 9.78. The smallest absolute Gasteiger partial charge is 0.255 e. The summed E-state index contributed by atoms with van der Waals surface area (Å²) in [5.74, 6) is -0.0544. The summed E-state index contributed by atoms with van der Waals surface area (Å²) in [6.07, 6.45) is 2.01. The van der Waals surface area contributed by atoms with E-state index in [1.54, 1.807) is 11.8 Å². The lowest BCUT2D eigenvalue weighted by Crippen LogP contribution is -2.12. The van der Waals surface area contributed by atoms with Gasteiger partial charge < -0.3 is 10.6 Å². The lowest BCUT2D eigenvalue weighted by atomic mass is 10.1. The maximum absolute atomic E-state index is 12.3. The van der Waals surface area contributed by atoms with Gasteiger partial charge in [-0.3, -0.25) is 4.79 Å². The number of carbonyl (C=O) groups is 1. The van der Waals surface area contributed by atoms with Gasteiger partial charge in [0.15, 0.2) is 0 Å². The Kier molecular flexibility index (Phi) is 3.76. The van der Waals surface area contributed by atoms with Crippen molar-refractivity contribution < 1.29 is 4.79 Å². The molecule has 0 saturated heterocycles. The van der Waals surface area contributed by atoms with Crippen LogP contribution in [0.25, 0.3) is 0 Å². The highest BCUT2D eigenvalue weighted by atomic mass is 32.2. The van der Waals surface area contributed by atoms with Crippen LogP contribution in [0.1, 0.15) is 21.5 Å². The average Bonchev–Trinajstić information content (AvgIpc) is 2.95. The van der Waals surface area contributed by atoms with Gasteiger partial charge in [-0.25, -0.2) is 0 Å². The van der Waals surface area contributed by atoms with E-state index in [1.165, 1.54) is 11.1 Å². The van der Waals surface area contributed by atoms with Crippen molar-refractivity contribution in [2.45, 2.75) is 18.0 Å². The second-order valence-electron chi connectivity index (χ2n) is 4.74. The Morgan fingerprint density at radius 1 is 1.15 bits per heavy atom. The molecule has 1 amide bonds. The summed E-state index contributed by atoms with van der Waals surface area (Å²) < 4.78 is 0. The summed E-state index contributed by atoms with van der Waals surface area (Å²) >= 11 is 1.63. The molecule has 20 heavy (non-hydrogen) atoms. The number of hydrogen-bond donors (Lipinski definition) is 2. The number of para-hydroxylation sites is 1. The highest BCUT2D eigenvalue weighted by Crippen LogP contribution is 2.25. The first-order valence-corrected chi connectivity index (χ1v) is 7.77. The second kappa shape index (κ2) is 5.69. The zero-order valence-electron chi connectivity index (χ0n) is 11.3. The quantitative estimate of drug-likeness (QED) is 0.850. The van der Waals surface area contributed by atoms with E-state index in [1.807, 2.05) is 48.7 Å². The summed E-state index contributed by atoms with van der Waals surface area (Å²) in [5, 5.41) is 6.28. The number of benzene rings is 2. The molecule has 0 saturated carbocycles. The molecule has 0 bridgehead atoms. The number of thioether (sulfide) groups is 1. The molecule has 0 atom stereocenters. The van der Waals surface area contributed by atoms with Crippen LogP contribution in [0, 0.1) is 0 Å². The lowest BCUT2D eigenvalue weighted by Gasteiger charge is -2.10. The van der Waals surface area contributed by atoms with Crippen molar-refractivity contribution >= 4 is 23.4 Å². The van der Waals surface area contributed by atoms with Gasteiger partial charge in [0.25, 0.3) is 5.91 Å². The minimum Gasteiger partial charge on any atom is -0.321 e. The van der Waals surface area contributed by atoms with Crippen LogP contribution >= 0.6 is 11.8 Å². The van der Waals surface area contributed by atoms with Gasteiger partial charge in [-0.05, 0) is 41.6 Å². The molecule has 2 aromatic carbocycles. The number of carbonyl (C=O) groups excluding carboxylic acids is 1. The van der Waals surface area contributed by atoms with E-state index in [0.717, 1.165) is 23.7 Å². The molecular formula is C16H16N2OS. The Labute approximate surface area is 122 Å². The average molecular weight is 284 g/mol. The fourth-order valence-corrected chi connectivity index (χ4v) is 2.93. The highest BCUT2D eigenvalue weighted by molar-refractivity contribution is 7.98. The molecule has 1 heterocycles. The van der Waals surface area contributed by atoms with Crippen molar-refractivity contribution in [3.05, 3.63) is 59.2 Å². The largest absolute Gasteiger partial charge is 0.321 e. The molecule has 0 spiro atoms. The molecular weight excluding hydrogens is 268 g/mol. The van der Waals surface area contributed by atoms with Crippen LogP contribution in [0.4, 0.5) is 5.69 Å². The number of rotatable bonds is 3. The number of anilines is 1. The molecule has 2 N–H and O–H groups in total. The molecule has 2 aromatic rings.